The average Bonchev–Trinajstić information content (AvgIpc) is 3.67. The maximum atomic E-state index is 12.8. The molecule has 0 radical (unpaired) electrons. The van der Waals surface area contributed by atoms with Gasteiger partial charge in [0, 0.05) is 0 Å². The molecule has 2 amide bonds. The molecule has 36 heavy (non-hydrogen) atoms. The minimum atomic E-state index is -0.0706. The Labute approximate surface area is 223 Å². The number of rotatable bonds is 4. The molecule has 0 N–H and O–H groups in total. The summed E-state index contributed by atoms with van der Waals surface area (Å²) in [7, 11) is 0. The Morgan fingerprint density at radius 3 is 1.47 bits per heavy atom. The molecule has 2 saturated heterocycles. The van der Waals surface area contributed by atoms with E-state index in [1.54, 1.807) is 23.5 Å². The van der Waals surface area contributed by atoms with Crippen LogP contribution in [0.15, 0.2) is 72.8 Å². The highest BCUT2D eigenvalue weighted by Gasteiger charge is 2.37. The topological polar surface area (TPSA) is 66.4 Å². The van der Waals surface area contributed by atoms with Crippen LogP contribution < -0.4 is 9.80 Å². The van der Waals surface area contributed by atoms with Crippen LogP contribution >= 0.6 is 46.2 Å². The van der Waals surface area contributed by atoms with E-state index in [0.717, 1.165) is 31.6 Å². The van der Waals surface area contributed by atoms with Crippen molar-refractivity contribution in [2.24, 2.45) is 0 Å². The third kappa shape index (κ3) is 3.71. The summed E-state index contributed by atoms with van der Waals surface area (Å²) in [5.41, 5.74) is 3.88. The summed E-state index contributed by atoms with van der Waals surface area (Å²) >= 11 is 6.28. The lowest BCUT2D eigenvalue weighted by molar-refractivity contribution is -0.116. The number of carbonyl (C=O) groups excluding carboxylic acids is 2. The van der Waals surface area contributed by atoms with Crippen molar-refractivity contribution < 1.29 is 9.59 Å². The lowest BCUT2D eigenvalue weighted by Crippen LogP contribution is -2.27. The first-order valence-corrected chi connectivity index (χ1v) is 15.1. The Morgan fingerprint density at radius 1 is 0.639 bits per heavy atom. The number of hydrogen-bond donors (Lipinski definition) is 0. The monoisotopic (exact) mass is 546 g/mol. The number of anilines is 2. The zero-order valence-electron chi connectivity index (χ0n) is 18.7. The molecule has 2 aromatic heterocycles. The van der Waals surface area contributed by atoms with E-state index < -0.39 is 0 Å². The summed E-state index contributed by atoms with van der Waals surface area (Å²) in [6.07, 6.45) is 0. The van der Waals surface area contributed by atoms with E-state index in [-0.39, 0.29) is 22.6 Å². The predicted octanol–water partition coefficient (Wildman–Crippen LogP) is 6.46. The molecule has 0 spiro atoms. The number of thioether (sulfide) groups is 2. The number of hydrogen-bond acceptors (Lipinski definition) is 8. The van der Waals surface area contributed by atoms with Crippen molar-refractivity contribution in [3.8, 4) is 0 Å². The fourth-order valence-corrected chi connectivity index (χ4v) is 9.02. The third-order valence-electron chi connectivity index (χ3n) is 6.19. The van der Waals surface area contributed by atoms with Gasteiger partial charge in [-0.1, -0.05) is 83.3 Å². The molecule has 4 heterocycles. The molecule has 6 nitrogen and oxygen atoms in total. The summed E-state index contributed by atoms with van der Waals surface area (Å²) in [6.45, 7) is 0. The highest BCUT2D eigenvalue weighted by molar-refractivity contribution is 8.01. The molecule has 0 aliphatic carbocycles. The SMILES string of the molecule is O=C1CSC(c2ccccc2)N1c1nc2cc3sc(N4C(=O)CSC4c4ccccc4)nc3cc2s1. The second-order valence-electron chi connectivity index (χ2n) is 8.46. The summed E-state index contributed by atoms with van der Waals surface area (Å²) in [4.78, 5) is 39.0. The molecule has 2 aliphatic heterocycles. The number of fused-ring (bicyclic) bond motifs is 2. The standard InChI is InChI=1S/C26H18N4O2S4/c31-21-13-33-23(15-7-3-1-4-8-15)29(21)25-27-17-11-20-18(12-19(17)35-25)28-26(36-20)30-22(32)14-34-24(30)16-9-5-2-6-10-16/h1-12,23-24H,13-14H2. The minimum absolute atomic E-state index is 0.0706. The minimum Gasteiger partial charge on any atom is -0.273 e. The van der Waals surface area contributed by atoms with Crippen LogP contribution in [0.5, 0.6) is 0 Å². The highest BCUT2D eigenvalue weighted by Crippen LogP contribution is 2.47. The van der Waals surface area contributed by atoms with Gasteiger partial charge in [0.15, 0.2) is 10.3 Å². The van der Waals surface area contributed by atoms with Gasteiger partial charge in [-0.2, -0.15) is 0 Å². The van der Waals surface area contributed by atoms with E-state index in [1.807, 2.05) is 58.3 Å². The van der Waals surface area contributed by atoms with Crippen molar-refractivity contribution in [2.75, 3.05) is 21.3 Å². The molecular formula is C26H18N4O2S4. The van der Waals surface area contributed by atoms with Gasteiger partial charge in [0.05, 0.1) is 31.9 Å². The van der Waals surface area contributed by atoms with Gasteiger partial charge in [-0.25, -0.2) is 9.97 Å². The van der Waals surface area contributed by atoms with Gasteiger partial charge >= 0.3 is 0 Å². The first kappa shape index (κ1) is 22.3. The van der Waals surface area contributed by atoms with Crippen molar-refractivity contribution >= 4 is 88.7 Å². The van der Waals surface area contributed by atoms with Crippen molar-refractivity contribution in [3.05, 3.63) is 83.9 Å². The van der Waals surface area contributed by atoms with Gasteiger partial charge in [0.25, 0.3) is 0 Å². The maximum Gasteiger partial charge on any atom is 0.240 e. The van der Waals surface area contributed by atoms with Gasteiger partial charge in [0.2, 0.25) is 11.8 Å². The third-order valence-corrected chi connectivity index (χ3v) is 10.7. The zero-order chi connectivity index (χ0) is 24.2. The van der Waals surface area contributed by atoms with Crippen LogP contribution in [-0.4, -0.2) is 33.3 Å². The van der Waals surface area contributed by atoms with Crippen LogP contribution in [0.4, 0.5) is 10.3 Å². The molecule has 2 fully saturated rings. The molecule has 7 rings (SSSR count). The van der Waals surface area contributed by atoms with Gasteiger partial charge in [-0.3, -0.25) is 19.4 Å². The van der Waals surface area contributed by atoms with E-state index in [1.165, 1.54) is 22.7 Å². The second-order valence-corrected chi connectivity index (χ2v) is 12.6. The Morgan fingerprint density at radius 2 is 1.06 bits per heavy atom. The summed E-state index contributed by atoms with van der Waals surface area (Å²) in [5.74, 6) is 1.04. The van der Waals surface area contributed by atoms with Crippen LogP contribution in [0.3, 0.4) is 0 Å². The first-order chi connectivity index (χ1) is 17.7. The van der Waals surface area contributed by atoms with E-state index >= 15 is 0 Å². The largest absolute Gasteiger partial charge is 0.273 e. The average molecular weight is 547 g/mol. The van der Waals surface area contributed by atoms with Crippen LogP contribution in [-0.2, 0) is 9.59 Å². The molecule has 2 aliphatic rings. The fourth-order valence-electron chi connectivity index (χ4n) is 4.52. The maximum absolute atomic E-state index is 12.8. The van der Waals surface area contributed by atoms with E-state index in [4.69, 9.17) is 9.97 Å². The quantitative estimate of drug-likeness (QED) is 0.258. The number of benzene rings is 3. The molecule has 2 unspecified atom stereocenters. The Hall–Kier alpha value is -2.92. The highest BCUT2D eigenvalue weighted by atomic mass is 32.2. The Bertz CT molecular complexity index is 1450. The molecule has 0 saturated carbocycles. The summed E-state index contributed by atoms with van der Waals surface area (Å²) in [5, 5.41) is 1.28. The molecule has 3 aromatic carbocycles. The van der Waals surface area contributed by atoms with Crippen LogP contribution in [0.2, 0.25) is 0 Å². The number of thiazole rings is 2. The number of nitrogens with zero attached hydrogens (tertiary/aromatic N) is 4. The van der Waals surface area contributed by atoms with Crippen LogP contribution in [0, 0.1) is 0 Å². The van der Waals surface area contributed by atoms with Crippen LogP contribution in [0.1, 0.15) is 21.9 Å². The smallest absolute Gasteiger partial charge is 0.240 e. The van der Waals surface area contributed by atoms with Gasteiger partial charge in [0.1, 0.15) is 10.7 Å². The lowest BCUT2D eigenvalue weighted by atomic mass is 10.2. The normalized spacial score (nSPS) is 20.3. The van der Waals surface area contributed by atoms with Crippen LogP contribution in [0.25, 0.3) is 20.4 Å². The van der Waals surface area contributed by atoms with Gasteiger partial charge in [-0.15, -0.1) is 23.5 Å². The first-order valence-electron chi connectivity index (χ1n) is 11.3. The van der Waals surface area contributed by atoms with Gasteiger partial charge in [-0.05, 0) is 23.3 Å². The molecule has 5 aromatic rings. The molecule has 2 atom stereocenters. The van der Waals surface area contributed by atoms with Gasteiger partial charge < -0.3 is 0 Å². The molecular weight excluding hydrogens is 529 g/mol. The Balaban J connectivity index is 1.25. The molecule has 0 bridgehead atoms. The summed E-state index contributed by atoms with van der Waals surface area (Å²) < 4.78 is 1.96. The van der Waals surface area contributed by atoms with Crippen molar-refractivity contribution in [3.63, 3.8) is 0 Å². The van der Waals surface area contributed by atoms with Crippen molar-refractivity contribution in [1.29, 1.82) is 0 Å². The predicted molar refractivity (Wildman–Crippen MR) is 151 cm³/mol. The lowest BCUT2D eigenvalue weighted by Gasteiger charge is -2.21. The van der Waals surface area contributed by atoms with Crippen molar-refractivity contribution in [1.82, 2.24) is 9.97 Å². The zero-order valence-corrected chi connectivity index (χ0v) is 22.0. The summed E-state index contributed by atoms with van der Waals surface area (Å²) in [6, 6.07) is 24.2. The number of amides is 2. The number of aromatic nitrogens is 2. The number of carbonyl (C=O) groups is 2. The van der Waals surface area contributed by atoms with E-state index in [9.17, 15) is 9.59 Å². The molecule has 10 heteroatoms. The van der Waals surface area contributed by atoms with E-state index in [0.29, 0.717) is 21.8 Å². The Kier molecular flexibility index (Phi) is 5.50. The van der Waals surface area contributed by atoms with Crippen molar-refractivity contribution in [2.45, 2.75) is 10.7 Å². The molecule has 178 valence electrons. The fraction of sp³-hybridized carbons (Fsp3) is 0.154. The second kappa shape index (κ2) is 8.88. The van der Waals surface area contributed by atoms with E-state index in [2.05, 4.69) is 24.3 Å².